The smallest absolute Gasteiger partial charge is 0.253 e. The van der Waals surface area contributed by atoms with Crippen LogP contribution in [0.2, 0.25) is 0 Å². The Bertz CT molecular complexity index is 882. The summed E-state index contributed by atoms with van der Waals surface area (Å²) in [6.45, 7) is 1.82. The summed E-state index contributed by atoms with van der Waals surface area (Å²) in [4.78, 5) is 12.4. The van der Waals surface area contributed by atoms with E-state index in [1.54, 1.807) is 48.5 Å². The third-order valence-electron chi connectivity index (χ3n) is 4.19. The number of morpholine rings is 1. The molecule has 0 aliphatic carbocycles. The van der Waals surface area contributed by atoms with E-state index in [2.05, 4.69) is 5.32 Å². The van der Waals surface area contributed by atoms with Gasteiger partial charge in [0.05, 0.1) is 23.7 Å². The lowest BCUT2D eigenvalue weighted by Crippen LogP contribution is -2.40. The summed E-state index contributed by atoms with van der Waals surface area (Å²) < 4.78 is 31.8. The molecule has 1 fully saturated rings. The number of nitrogens with one attached hydrogen (secondary N) is 1. The van der Waals surface area contributed by atoms with Crippen molar-refractivity contribution in [1.29, 1.82) is 0 Å². The van der Waals surface area contributed by atoms with E-state index in [0.29, 0.717) is 37.6 Å². The normalized spacial score (nSPS) is 15.0. The second-order valence-corrected chi connectivity index (χ2v) is 7.87. The minimum atomic E-state index is -3.51. The highest BCUT2D eigenvalue weighted by Gasteiger charge is 2.26. The lowest BCUT2D eigenvalue weighted by molar-refractivity contribution is 0.0730. The molecule has 2 aromatic rings. The molecular formula is C18H22ClN3O4S. The van der Waals surface area contributed by atoms with Gasteiger partial charge in [0, 0.05) is 25.3 Å². The van der Waals surface area contributed by atoms with Crippen LogP contribution < -0.4 is 11.1 Å². The number of ether oxygens (including phenoxy) is 1. The van der Waals surface area contributed by atoms with Gasteiger partial charge in [0.15, 0.2) is 0 Å². The highest BCUT2D eigenvalue weighted by molar-refractivity contribution is 7.89. The van der Waals surface area contributed by atoms with E-state index in [0.717, 1.165) is 5.56 Å². The molecule has 2 aromatic carbocycles. The number of nitrogens with zero attached hydrogens (tertiary/aromatic N) is 1. The summed E-state index contributed by atoms with van der Waals surface area (Å²) in [7, 11) is -3.51. The Morgan fingerprint density at radius 3 is 2.33 bits per heavy atom. The molecule has 9 heteroatoms. The van der Waals surface area contributed by atoms with Crippen LogP contribution in [0.4, 0.5) is 5.69 Å². The third-order valence-corrected chi connectivity index (χ3v) is 6.10. The lowest BCUT2D eigenvalue weighted by atomic mass is 10.1. The molecule has 1 amide bonds. The number of carbonyl (C=O) groups is 1. The number of para-hydroxylation sites is 1. The molecule has 1 saturated heterocycles. The number of nitrogens with two attached hydrogens (primary N) is 1. The second kappa shape index (κ2) is 9.18. The summed E-state index contributed by atoms with van der Waals surface area (Å²) in [6, 6.07) is 13.3. The summed E-state index contributed by atoms with van der Waals surface area (Å²) in [5.74, 6) is -0.270. The Balaban J connectivity index is 0.00000261. The van der Waals surface area contributed by atoms with Gasteiger partial charge in [-0.25, -0.2) is 8.42 Å². The number of hydrogen-bond donors (Lipinski definition) is 2. The SMILES string of the molecule is Cl.Nc1ccccc1C(=O)NCc1ccc(S(=O)(=O)N2CCOCC2)cc1. The summed E-state index contributed by atoms with van der Waals surface area (Å²) >= 11 is 0. The van der Waals surface area contributed by atoms with Gasteiger partial charge in [-0.3, -0.25) is 4.79 Å². The molecule has 0 bridgehead atoms. The van der Waals surface area contributed by atoms with Crippen LogP contribution in [0.15, 0.2) is 53.4 Å². The van der Waals surface area contributed by atoms with Gasteiger partial charge in [-0.2, -0.15) is 4.31 Å². The fourth-order valence-corrected chi connectivity index (χ4v) is 4.10. The van der Waals surface area contributed by atoms with Crippen molar-refractivity contribution in [2.45, 2.75) is 11.4 Å². The molecule has 7 nitrogen and oxygen atoms in total. The van der Waals surface area contributed by atoms with Crippen LogP contribution in [0.1, 0.15) is 15.9 Å². The molecule has 1 heterocycles. The standard InChI is InChI=1S/C18H21N3O4S.ClH/c19-17-4-2-1-3-16(17)18(22)20-13-14-5-7-15(8-6-14)26(23,24)21-9-11-25-12-10-21;/h1-8H,9-13,19H2,(H,20,22);1H. The van der Waals surface area contributed by atoms with Gasteiger partial charge in [0.2, 0.25) is 10.0 Å². The Morgan fingerprint density at radius 1 is 1.07 bits per heavy atom. The number of nitrogen functional groups attached to an aromatic ring is 1. The first kappa shape index (κ1) is 21.2. The maximum Gasteiger partial charge on any atom is 0.253 e. The number of carbonyl (C=O) groups excluding carboxylic acids is 1. The minimum Gasteiger partial charge on any atom is -0.398 e. The first-order chi connectivity index (χ1) is 12.5. The van der Waals surface area contributed by atoms with E-state index in [-0.39, 0.29) is 29.8 Å². The Hall–Kier alpha value is -2.13. The Morgan fingerprint density at radius 2 is 1.70 bits per heavy atom. The van der Waals surface area contributed by atoms with Crippen LogP contribution >= 0.6 is 12.4 Å². The van der Waals surface area contributed by atoms with Gasteiger partial charge >= 0.3 is 0 Å². The van der Waals surface area contributed by atoms with Crippen LogP contribution in [0.25, 0.3) is 0 Å². The number of rotatable bonds is 5. The highest BCUT2D eigenvalue weighted by Crippen LogP contribution is 2.18. The zero-order valence-electron chi connectivity index (χ0n) is 14.6. The topological polar surface area (TPSA) is 102 Å². The van der Waals surface area contributed by atoms with Gasteiger partial charge in [0.1, 0.15) is 0 Å². The van der Waals surface area contributed by atoms with Gasteiger partial charge in [-0.1, -0.05) is 24.3 Å². The van der Waals surface area contributed by atoms with Crippen molar-refractivity contribution in [3.8, 4) is 0 Å². The number of benzene rings is 2. The molecule has 3 N–H and O–H groups in total. The molecular weight excluding hydrogens is 390 g/mol. The maximum atomic E-state index is 12.6. The first-order valence-corrected chi connectivity index (χ1v) is 9.72. The molecule has 3 rings (SSSR count). The van der Waals surface area contributed by atoms with Crippen molar-refractivity contribution >= 4 is 34.0 Å². The van der Waals surface area contributed by atoms with E-state index in [1.807, 2.05) is 0 Å². The molecule has 0 atom stereocenters. The number of halogens is 1. The third kappa shape index (κ3) is 4.98. The molecule has 1 aliphatic rings. The predicted molar refractivity (Wildman–Crippen MR) is 105 cm³/mol. The zero-order chi connectivity index (χ0) is 18.6. The van der Waals surface area contributed by atoms with Crippen LogP contribution in [0, 0.1) is 0 Å². The molecule has 1 aliphatic heterocycles. The summed E-state index contributed by atoms with van der Waals surface area (Å²) in [5.41, 5.74) is 7.42. The predicted octanol–water partition coefficient (Wildman–Crippen LogP) is 1.64. The first-order valence-electron chi connectivity index (χ1n) is 8.28. The number of hydrogen-bond acceptors (Lipinski definition) is 5. The fraction of sp³-hybridized carbons (Fsp3) is 0.278. The molecule has 0 unspecified atom stereocenters. The Labute approximate surface area is 165 Å². The summed E-state index contributed by atoms with van der Waals surface area (Å²) in [6.07, 6.45) is 0. The number of amides is 1. The van der Waals surface area contributed by atoms with Crippen molar-refractivity contribution in [3.05, 3.63) is 59.7 Å². The zero-order valence-corrected chi connectivity index (χ0v) is 16.3. The molecule has 0 radical (unpaired) electrons. The lowest BCUT2D eigenvalue weighted by Gasteiger charge is -2.26. The average molecular weight is 412 g/mol. The fourth-order valence-electron chi connectivity index (χ4n) is 2.70. The van der Waals surface area contributed by atoms with E-state index >= 15 is 0 Å². The van der Waals surface area contributed by atoms with Gasteiger partial charge < -0.3 is 15.8 Å². The van der Waals surface area contributed by atoms with Crippen LogP contribution in [0.5, 0.6) is 0 Å². The van der Waals surface area contributed by atoms with E-state index in [4.69, 9.17) is 10.5 Å². The van der Waals surface area contributed by atoms with Gasteiger partial charge in [-0.05, 0) is 29.8 Å². The van der Waals surface area contributed by atoms with Gasteiger partial charge in [0.25, 0.3) is 5.91 Å². The van der Waals surface area contributed by atoms with E-state index in [1.165, 1.54) is 4.31 Å². The largest absolute Gasteiger partial charge is 0.398 e. The van der Waals surface area contributed by atoms with Gasteiger partial charge in [-0.15, -0.1) is 12.4 Å². The van der Waals surface area contributed by atoms with Crippen LogP contribution in [-0.4, -0.2) is 44.9 Å². The molecule has 146 valence electrons. The maximum absolute atomic E-state index is 12.6. The molecule has 0 saturated carbocycles. The monoisotopic (exact) mass is 411 g/mol. The van der Waals surface area contributed by atoms with Crippen LogP contribution in [0.3, 0.4) is 0 Å². The molecule has 0 spiro atoms. The molecule has 0 aromatic heterocycles. The van der Waals surface area contributed by atoms with E-state index in [9.17, 15) is 13.2 Å². The highest BCUT2D eigenvalue weighted by atomic mass is 35.5. The molecule has 27 heavy (non-hydrogen) atoms. The average Bonchev–Trinajstić information content (AvgIpc) is 2.67. The number of anilines is 1. The van der Waals surface area contributed by atoms with Crippen molar-refractivity contribution in [2.24, 2.45) is 0 Å². The second-order valence-electron chi connectivity index (χ2n) is 5.93. The van der Waals surface area contributed by atoms with Crippen molar-refractivity contribution in [1.82, 2.24) is 9.62 Å². The summed E-state index contributed by atoms with van der Waals surface area (Å²) in [5, 5.41) is 2.78. The van der Waals surface area contributed by atoms with E-state index < -0.39 is 10.0 Å². The van der Waals surface area contributed by atoms with Crippen LogP contribution in [-0.2, 0) is 21.3 Å². The van der Waals surface area contributed by atoms with Crippen molar-refractivity contribution in [3.63, 3.8) is 0 Å². The van der Waals surface area contributed by atoms with Crippen molar-refractivity contribution < 1.29 is 17.9 Å². The minimum absolute atomic E-state index is 0. The Kier molecular flexibility index (Phi) is 7.20. The van der Waals surface area contributed by atoms with Crippen molar-refractivity contribution in [2.75, 3.05) is 32.0 Å². The quantitative estimate of drug-likeness (QED) is 0.728. The number of sulfonamides is 1.